The van der Waals surface area contributed by atoms with Gasteiger partial charge in [-0.1, -0.05) is 6.92 Å². The van der Waals surface area contributed by atoms with Crippen molar-refractivity contribution in [3.63, 3.8) is 0 Å². The molecule has 1 rings (SSSR count). The van der Waals surface area contributed by atoms with Crippen molar-refractivity contribution in [3.05, 3.63) is 0 Å². The molecular formula is C9H17N3O3S2. The number of nitrogens with two attached hydrogens (primary N) is 1. The monoisotopic (exact) mass is 279 g/mol. The summed E-state index contributed by atoms with van der Waals surface area (Å²) in [5.41, 5.74) is 5.58. The molecule has 8 heteroatoms. The summed E-state index contributed by atoms with van der Waals surface area (Å²) in [7, 11) is -3.34. The van der Waals surface area contributed by atoms with E-state index < -0.39 is 9.84 Å². The van der Waals surface area contributed by atoms with E-state index in [0.717, 1.165) is 11.5 Å². The standard InChI is InChI=1S/C9H17N3O3S2/c1-3-15-6-5-11-9-7(8(10)12-16-9)17(13,14)4-2/h11H,3-6H2,1-2H3,(H2,10,12). The predicted molar refractivity (Wildman–Crippen MR) is 69.2 cm³/mol. The van der Waals surface area contributed by atoms with E-state index in [-0.39, 0.29) is 16.5 Å². The normalized spacial score (nSPS) is 11.6. The Kier molecular flexibility index (Phi) is 5.16. The second kappa shape index (κ2) is 6.18. The maximum atomic E-state index is 11.8. The van der Waals surface area contributed by atoms with Crippen LogP contribution < -0.4 is 11.1 Å². The first kappa shape index (κ1) is 14.2. The van der Waals surface area contributed by atoms with Crippen molar-refractivity contribution in [1.82, 2.24) is 4.37 Å². The quantitative estimate of drug-likeness (QED) is 0.722. The number of nitrogens with one attached hydrogen (secondary N) is 1. The van der Waals surface area contributed by atoms with Crippen molar-refractivity contribution in [1.29, 1.82) is 0 Å². The molecule has 17 heavy (non-hydrogen) atoms. The number of rotatable bonds is 7. The van der Waals surface area contributed by atoms with E-state index in [0.29, 0.717) is 24.8 Å². The minimum atomic E-state index is -3.34. The van der Waals surface area contributed by atoms with Gasteiger partial charge in [-0.3, -0.25) is 0 Å². The second-order valence-electron chi connectivity index (χ2n) is 3.25. The number of aromatic nitrogens is 1. The number of anilines is 2. The summed E-state index contributed by atoms with van der Waals surface area (Å²) in [6.45, 7) is 5.16. The average molecular weight is 279 g/mol. The van der Waals surface area contributed by atoms with E-state index >= 15 is 0 Å². The molecule has 0 aliphatic heterocycles. The molecule has 0 fully saturated rings. The van der Waals surface area contributed by atoms with E-state index in [1.807, 2.05) is 6.92 Å². The number of nitrogens with zero attached hydrogens (tertiary/aromatic N) is 1. The lowest BCUT2D eigenvalue weighted by Crippen LogP contribution is -2.12. The first-order valence-electron chi connectivity index (χ1n) is 5.32. The molecule has 1 heterocycles. The smallest absolute Gasteiger partial charge is 0.184 e. The van der Waals surface area contributed by atoms with Gasteiger partial charge in [-0.2, -0.15) is 4.37 Å². The van der Waals surface area contributed by atoms with Gasteiger partial charge in [0.2, 0.25) is 0 Å². The molecule has 0 aliphatic carbocycles. The van der Waals surface area contributed by atoms with Crippen molar-refractivity contribution in [3.8, 4) is 0 Å². The molecule has 0 saturated heterocycles. The van der Waals surface area contributed by atoms with Crippen LogP contribution >= 0.6 is 11.5 Å². The van der Waals surface area contributed by atoms with Gasteiger partial charge in [-0.05, 0) is 18.5 Å². The van der Waals surface area contributed by atoms with Crippen LogP contribution in [-0.2, 0) is 14.6 Å². The summed E-state index contributed by atoms with van der Waals surface area (Å²) in [5, 5.41) is 3.47. The Morgan fingerprint density at radius 2 is 2.18 bits per heavy atom. The lowest BCUT2D eigenvalue weighted by atomic mass is 10.6. The fourth-order valence-electron chi connectivity index (χ4n) is 1.23. The largest absolute Gasteiger partial charge is 0.382 e. The number of hydrogen-bond acceptors (Lipinski definition) is 7. The van der Waals surface area contributed by atoms with Crippen molar-refractivity contribution < 1.29 is 13.2 Å². The van der Waals surface area contributed by atoms with Gasteiger partial charge >= 0.3 is 0 Å². The highest BCUT2D eigenvalue weighted by Gasteiger charge is 2.23. The third-order valence-electron chi connectivity index (χ3n) is 2.10. The Hall–Kier alpha value is -0.860. The molecule has 0 amide bonds. The minimum Gasteiger partial charge on any atom is -0.382 e. The van der Waals surface area contributed by atoms with Crippen molar-refractivity contribution in [2.75, 3.05) is 36.6 Å². The lowest BCUT2D eigenvalue weighted by molar-refractivity contribution is 0.158. The van der Waals surface area contributed by atoms with Gasteiger partial charge < -0.3 is 15.8 Å². The van der Waals surface area contributed by atoms with Gasteiger partial charge in [0.1, 0.15) is 9.90 Å². The van der Waals surface area contributed by atoms with E-state index in [1.54, 1.807) is 6.92 Å². The Morgan fingerprint density at radius 1 is 1.47 bits per heavy atom. The first-order valence-corrected chi connectivity index (χ1v) is 7.75. The third-order valence-corrected chi connectivity index (χ3v) is 4.84. The highest BCUT2D eigenvalue weighted by Crippen LogP contribution is 2.31. The van der Waals surface area contributed by atoms with Gasteiger partial charge in [0.25, 0.3) is 0 Å². The van der Waals surface area contributed by atoms with Gasteiger partial charge in [-0.15, -0.1) is 0 Å². The molecule has 0 aromatic carbocycles. The zero-order valence-electron chi connectivity index (χ0n) is 9.89. The van der Waals surface area contributed by atoms with Crippen LogP contribution in [0.5, 0.6) is 0 Å². The van der Waals surface area contributed by atoms with Crippen LogP contribution in [0.2, 0.25) is 0 Å². The van der Waals surface area contributed by atoms with Crippen molar-refractivity contribution in [2.45, 2.75) is 18.7 Å². The molecule has 0 radical (unpaired) electrons. The highest BCUT2D eigenvalue weighted by atomic mass is 32.2. The highest BCUT2D eigenvalue weighted by molar-refractivity contribution is 7.91. The Balaban J connectivity index is 2.81. The predicted octanol–water partition coefficient (Wildman–Crippen LogP) is 0.967. The Bertz CT molecular complexity index is 456. The summed E-state index contributed by atoms with van der Waals surface area (Å²) >= 11 is 1.06. The maximum absolute atomic E-state index is 11.8. The van der Waals surface area contributed by atoms with Crippen LogP contribution in [0.4, 0.5) is 10.8 Å². The molecule has 1 aromatic heterocycles. The molecule has 98 valence electrons. The van der Waals surface area contributed by atoms with Crippen molar-refractivity contribution >= 4 is 32.2 Å². The van der Waals surface area contributed by atoms with Gasteiger partial charge in [0.15, 0.2) is 15.7 Å². The van der Waals surface area contributed by atoms with Gasteiger partial charge in [-0.25, -0.2) is 8.42 Å². The molecule has 1 aromatic rings. The first-order chi connectivity index (χ1) is 8.03. The Labute approximate surface area is 105 Å². The molecule has 0 saturated carbocycles. The zero-order chi connectivity index (χ0) is 12.9. The van der Waals surface area contributed by atoms with Gasteiger partial charge in [0.05, 0.1) is 12.4 Å². The van der Waals surface area contributed by atoms with Crippen LogP contribution in [0.1, 0.15) is 13.8 Å². The van der Waals surface area contributed by atoms with Crippen molar-refractivity contribution in [2.24, 2.45) is 0 Å². The summed E-state index contributed by atoms with van der Waals surface area (Å²) in [6, 6.07) is 0. The second-order valence-corrected chi connectivity index (χ2v) is 6.24. The number of sulfone groups is 1. The summed E-state index contributed by atoms with van der Waals surface area (Å²) < 4.78 is 32.6. The third kappa shape index (κ3) is 3.55. The van der Waals surface area contributed by atoms with Crippen LogP contribution in [0.15, 0.2) is 4.90 Å². The topological polar surface area (TPSA) is 94.3 Å². The minimum absolute atomic E-state index is 0.00968. The number of ether oxygens (including phenoxy) is 1. The molecule has 0 aliphatic rings. The Morgan fingerprint density at radius 3 is 2.76 bits per heavy atom. The molecule has 6 nitrogen and oxygen atoms in total. The fraction of sp³-hybridized carbons (Fsp3) is 0.667. The molecule has 0 unspecified atom stereocenters. The average Bonchev–Trinajstić information content (AvgIpc) is 2.67. The van der Waals surface area contributed by atoms with Crippen LogP contribution in [-0.4, -0.2) is 38.3 Å². The maximum Gasteiger partial charge on any atom is 0.184 e. The molecular weight excluding hydrogens is 262 g/mol. The molecule has 3 N–H and O–H groups in total. The van der Waals surface area contributed by atoms with Crippen LogP contribution in [0, 0.1) is 0 Å². The van der Waals surface area contributed by atoms with Crippen LogP contribution in [0.25, 0.3) is 0 Å². The van der Waals surface area contributed by atoms with E-state index in [2.05, 4.69) is 9.69 Å². The van der Waals surface area contributed by atoms with E-state index in [1.165, 1.54) is 0 Å². The van der Waals surface area contributed by atoms with Crippen LogP contribution in [0.3, 0.4) is 0 Å². The SMILES string of the molecule is CCOCCNc1snc(N)c1S(=O)(=O)CC. The summed E-state index contributed by atoms with van der Waals surface area (Å²) in [4.78, 5) is 0.112. The molecule has 0 atom stereocenters. The van der Waals surface area contributed by atoms with E-state index in [4.69, 9.17) is 10.5 Å². The molecule has 0 spiro atoms. The lowest BCUT2D eigenvalue weighted by Gasteiger charge is -2.06. The fourth-order valence-corrected chi connectivity index (χ4v) is 3.43. The zero-order valence-corrected chi connectivity index (χ0v) is 11.5. The summed E-state index contributed by atoms with van der Waals surface area (Å²) in [6.07, 6.45) is 0. The molecule has 0 bridgehead atoms. The van der Waals surface area contributed by atoms with Gasteiger partial charge in [0, 0.05) is 13.2 Å². The number of nitrogen functional groups attached to an aromatic ring is 1. The van der Waals surface area contributed by atoms with E-state index in [9.17, 15) is 8.42 Å². The number of hydrogen-bond donors (Lipinski definition) is 2. The summed E-state index contributed by atoms with van der Waals surface area (Å²) in [5.74, 6) is 0.0752.